The zero-order chi connectivity index (χ0) is 23.0. The van der Waals surface area contributed by atoms with Gasteiger partial charge < -0.3 is 9.30 Å². The average Bonchev–Trinajstić information content (AvgIpc) is 3.01. The number of Topliss-reactive ketones (excluding diaryl/α,β-unsaturated/α-hetero) is 1. The fraction of sp³-hybridized carbons (Fsp3) is 0.423. The first-order chi connectivity index (χ1) is 14.8. The Hall–Kier alpha value is -3.13. The molecule has 0 N–H and O–H groups in total. The molecule has 0 bridgehead atoms. The van der Waals surface area contributed by atoms with Crippen LogP contribution in [0.1, 0.15) is 66.5 Å². The summed E-state index contributed by atoms with van der Waals surface area (Å²) in [6.45, 7) is 10.9. The molecule has 1 heterocycles. The Kier molecular flexibility index (Phi) is 8.81. The molecule has 0 atom stereocenters. The van der Waals surface area contributed by atoms with E-state index in [1.165, 1.54) is 11.6 Å². The lowest BCUT2D eigenvalue weighted by molar-refractivity contribution is -0.137. The van der Waals surface area contributed by atoms with E-state index < -0.39 is 12.6 Å². The standard InChI is InChI=1S/C26H32N2O3/c1-6-7-8-21-9-11-22(12-10-21)25(29)17-31-26(30)24(15-27)14-23-13-19(4)28(20(23)5)16-18(2)3/h9-14,18H,6-8,16-17H2,1-5H3/b24-14+. The van der Waals surface area contributed by atoms with E-state index in [2.05, 4.69) is 25.3 Å². The van der Waals surface area contributed by atoms with Crippen molar-refractivity contribution < 1.29 is 14.3 Å². The van der Waals surface area contributed by atoms with Gasteiger partial charge in [-0.25, -0.2) is 4.79 Å². The zero-order valence-electron chi connectivity index (χ0n) is 19.2. The summed E-state index contributed by atoms with van der Waals surface area (Å²) < 4.78 is 7.31. The number of esters is 1. The molecule has 0 spiro atoms. The van der Waals surface area contributed by atoms with Gasteiger partial charge >= 0.3 is 5.97 Å². The van der Waals surface area contributed by atoms with Crippen molar-refractivity contribution >= 4 is 17.8 Å². The van der Waals surface area contributed by atoms with E-state index in [0.717, 1.165) is 42.8 Å². The number of aromatic nitrogens is 1. The number of ether oxygens (including phenoxy) is 1. The van der Waals surface area contributed by atoms with Crippen LogP contribution >= 0.6 is 0 Å². The molecule has 31 heavy (non-hydrogen) atoms. The van der Waals surface area contributed by atoms with Crippen LogP contribution in [0.4, 0.5) is 0 Å². The molecule has 0 aliphatic heterocycles. The van der Waals surface area contributed by atoms with Crippen molar-refractivity contribution in [2.45, 2.75) is 60.4 Å². The molecule has 0 amide bonds. The van der Waals surface area contributed by atoms with E-state index in [1.54, 1.807) is 12.1 Å². The van der Waals surface area contributed by atoms with Gasteiger partial charge in [-0.3, -0.25) is 4.79 Å². The average molecular weight is 421 g/mol. The molecular formula is C26H32N2O3. The third kappa shape index (κ3) is 6.68. The van der Waals surface area contributed by atoms with Gasteiger partial charge in [0.1, 0.15) is 11.6 Å². The topological polar surface area (TPSA) is 72.1 Å². The zero-order valence-corrected chi connectivity index (χ0v) is 19.2. The van der Waals surface area contributed by atoms with Crippen molar-refractivity contribution in [3.8, 4) is 6.07 Å². The number of carbonyl (C=O) groups excluding carboxylic acids is 2. The summed E-state index contributed by atoms with van der Waals surface area (Å²) in [6, 6.07) is 11.2. The molecule has 1 aromatic heterocycles. The Morgan fingerprint density at radius 2 is 1.87 bits per heavy atom. The fourth-order valence-corrected chi connectivity index (χ4v) is 3.44. The first-order valence-electron chi connectivity index (χ1n) is 10.8. The normalized spacial score (nSPS) is 11.5. The number of unbranched alkanes of at least 4 members (excludes halogenated alkanes) is 1. The van der Waals surface area contributed by atoms with Gasteiger partial charge in [0, 0.05) is 23.5 Å². The summed E-state index contributed by atoms with van der Waals surface area (Å²) in [6.07, 6.45) is 4.74. The molecule has 5 nitrogen and oxygen atoms in total. The molecule has 0 aliphatic carbocycles. The van der Waals surface area contributed by atoms with Crippen LogP contribution in [0, 0.1) is 31.1 Å². The third-order valence-electron chi connectivity index (χ3n) is 5.23. The Morgan fingerprint density at radius 3 is 2.45 bits per heavy atom. The van der Waals surface area contributed by atoms with Crippen LogP contribution in [-0.2, 0) is 22.5 Å². The summed E-state index contributed by atoms with van der Waals surface area (Å²) >= 11 is 0. The van der Waals surface area contributed by atoms with Crippen molar-refractivity contribution in [2.75, 3.05) is 6.61 Å². The number of carbonyl (C=O) groups is 2. The highest BCUT2D eigenvalue weighted by Gasteiger charge is 2.16. The number of aryl methyl sites for hydroxylation is 2. The van der Waals surface area contributed by atoms with Crippen LogP contribution in [-0.4, -0.2) is 22.9 Å². The van der Waals surface area contributed by atoms with Gasteiger partial charge in [-0.1, -0.05) is 51.5 Å². The number of nitriles is 1. The van der Waals surface area contributed by atoms with Crippen LogP contribution in [0.3, 0.4) is 0 Å². The first-order valence-corrected chi connectivity index (χ1v) is 10.8. The van der Waals surface area contributed by atoms with E-state index in [-0.39, 0.29) is 11.4 Å². The quantitative estimate of drug-likeness (QED) is 0.222. The van der Waals surface area contributed by atoms with Crippen LogP contribution in [0.2, 0.25) is 0 Å². The molecule has 5 heteroatoms. The van der Waals surface area contributed by atoms with Gasteiger partial charge in [0.05, 0.1) is 0 Å². The number of hydrogen-bond donors (Lipinski definition) is 0. The molecule has 0 fully saturated rings. The number of ketones is 1. The Bertz CT molecular complexity index is 989. The van der Waals surface area contributed by atoms with Crippen LogP contribution in [0.25, 0.3) is 6.08 Å². The molecule has 0 unspecified atom stereocenters. The largest absolute Gasteiger partial charge is 0.453 e. The lowest BCUT2D eigenvalue weighted by Crippen LogP contribution is -2.15. The first kappa shape index (κ1) is 24.1. The maximum atomic E-state index is 12.4. The minimum Gasteiger partial charge on any atom is -0.453 e. The van der Waals surface area contributed by atoms with Gasteiger partial charge in [0.25, 0.3) is 0 Å². The highest BCUT2D eigenvalue weighted by molar-refractivity contribution is 6.02. The van der Waals surface area contributed by atoms with Crippen LogP contribution < -0.4 is 0 Å². The third-order valence-corrected chi connectivity index (χ3v) is 5.23. The highest BCUT2D eigenvalue weighted by Crippen LogP contribution is 2.20. The fourth-order valence-electron chi connectivity index (χ4n) is 3.44. The number of hydrogen-bond acceptors (Lipinski definition) is 4. The van der Waals surface area contributed by atoms with Gasteiger partial charge in [-0.2, -0.15) is 5.26 Å². The minimum atomic E-state index is -0.788. The van der Waals surface area contributed by atoms with Crippen molar-refractivity contribution in [3.05, 3.63) is 64.0 Å². The smallest absolute Gasteiger partial charge is 0.349 e. The maximum Gasteiger partial charge on any atom is 0.349 e. The second-order valence-corrected chi connectivity index (χ2v) is 8.30. The van der Waals surface area contributed by atoms with E-state index >= 15 is 0 Å². The van der Waals surface area contributed by atoms with Crippen LogP contribution in [0.15, 0.2) is 35.9 Å². The van der Waals surface area contributed by atoms with Crippen LogP contribution in [0.5, 0.6) is 0 Å². The molecule has 0 saturated carbocycles. The maximum absolute atomic E-state index is 12.4. The predicted molar refractivity (Wildman–Crippen MR) is 123 cm³/mol. The van der Waals surface area contributed by atoms with Gasteiger partial charge in [-0.15, -0.1) is 0 Å². The van der Waals surface area contributed by atoms with E-state index in [9.17, 15) is 14.9 Å². The van der Waals surface area contributed by atoms with Gasteiger partial charge in [0.2, 0.25) is 0 Å². The number of benzene rings is 1. The van der Waals surface area contributed by atoms with Gasteiger partial charge in [-0.05, 0) is 55.9 Å². The Labute approximate surface area is 185 Å². The minimum absolute atomic E-state index is 0.118. The number of nitrogens with zero attached hydrogens (tertiary/aromatic N) is 2. The summed E-state index contributed by atoms with van der Waals surface area (Å²) in [5.74, 6) is -0.597. The Balaban J connectivity index is 2.05. The molecule has 164 valence electrons. The van der Waals surface area contributed by atoms with Crippen molar-refractivity contribution in [1.82, 2.24) is 4.57 Å². The summed E-state index contributed by atoms with van der Waals surface area (Å²) in [7, 11) is 0. The van der Waals surface area contributed by atoms with E-state index in [1.807, 2.05) is 38.1 Å². The van der Waals surface area contributed by atoms with Crippen molar-refractivity contribution in [1.29, 1.82) is 5.26 Å². The molecule has 1 aromatic carbocycles. The van der Waals surface area contributed by atoms with Crippen molar-refractivity contribution in [3.63, 3.8) is 0 Å². The summed E-state index contributed by atoms with van der Waals surface area (Å²) in [5.41, 5.74) is 4.42. The molecule has 2 aromatic rings. The van der Waals surface area contributed by atoms with E-state index in [4.69, 9.17) is 4.74 Å². The van der Waals surface area contributed by atoms with Gasteiger partial charge in [0.15, 0.2) is 12.4 Å². The molecule has 0 saturated heterocycles. The second-order valence-electron chi connectivity index (χ2n) is 8.30. The van der Waals surface area contributed by atoms with Crippen molar-refractivity contribution in [2.24, 2.45) is 5.92 Å². The SMILES string of the molecule is CCCCc1ccc(C(=O)COC(=O)/C(C#N)=C/c2cc(C)n(CC(C)C)c2C)cc1. The highest BCUT2D eigenvalue weighted by atomic mass is 16.5. The monoisotopic (exact) mass is 420 g/mol. The predicted octanol–water partition coefficient (Wildman–Crippen LogP) is 5.44. The molecular weight excluding hydrogens is 388 g/mol. The van der Waals surface area contributed by atoms with E-state index in [0.29, 0.717) is 11.5 Å². The summed E-state index contributed by atoms with van der Waals surface area (Å²) in [4.78, 5) is 24.8. The Morgan fingerprint density at radius 1 is 1.19 bits per heavy atom. The number of rotatable bonds is 10. The summed E-state index contributed by atoms with van der Waals surface area (Å²) in [5, 5.41) is 9.44. The lowest BCUT2D eigenvalue weighted by atomic mass is 10.0. The lowest BCUT2D eigenvalue weighted by Gasteiger charge is -2.12. The second kappa shape index (κ2) is 11.3. The molecule has 0 aliphatic rings. The molecule has 0 radical (unpaired) electrons. The molecule has 2 rings (SSSR count).